The lowest BCUT2D eigenvalue weighted by Gasteiger charge is -2.11. The minimum absolute atomic E-state index is 0.866. The van der Waals surface area contributed by atoms with Crippen LogP contribution in [0.25, 0.3) is 17.1 Å². The molecule has 0 saturated carbocycles. The highest BCUT2D eigenvalue weighted by atomic mass is 32.2. The molecule has 0 fully saturated rings. The van der Waals surface area contributed by atoms with Crippen LogP contribution in [0.1, 0.15) is 22.3 Å². The van der Waals surface area contributed by atoms with Gasteiger partial charge in [-0.15, -0.1) is 10.2 Å². The van der Waals surface area contributed by atoms with Crippen molar-refractivity contribution in [1.29, 1.82) is 0 Å². The van der Waals surface area contributed by atoms with Crippen LogP contribution in [0.3, 0.4) is 0 Å². The molecular weight excluding hydrogens is 362 g/mol. The highest BCUT2D eigenvalue weighted by Crippen LogP contribution is 2.30. The van der Waals surface area contributed by atoms with E-state index >= 15 is 0 Å². The normalized spacial score (nSPS) is 11.0. The van der Waals surface area contributed by atoms with Crippen molar-refractivity contribution < 1.29 is 0 Å². The van der Waals surface area contributed by atoms with Crippen molar-refractivity contribution in [3.8, 4) is 17.1 Å². The van der Waals surface area contributed by atoms with Crippen LogP contribution in [0, 0.1) is 20.8 Å². The zero-order valence-electron chi connectivity index (χ0n) is 16.4. The average molecular weight is 386 g/mol. The van der Waals surface area contributed by atoms with Gasteiger partial charge in [-0.05, 0) is 50.1 Å². The molecule has 0 radical (unpaired) electrons. The van der Waals surface area contributed by atoms with Crippen LogP contribution >= 0.6 is 11.8 Å². The van der Waals surface area contributed by atoms with Crippen LogP contribution in [-0.4, -0.2) is 14.8 Å². The molecule has 0 saturated heterocycles. The van der Waals surface area contributed by atoms with E-state index in [0.717, 1.165) is 28.0 Å². The van der Waals surface area contributed by atoms with Crippen LogP contribution in [0.2, 0.25) is 0 Å². The molecule has 0 N–H and O–H groups in total. The molecule has 28 heavy (non-hydrogen) atoms. The van der Waals surface area contributed by atoms with Gasteiger partial charge in [0.15, 0.2) is 11.0 Å². The fourth-order valence-corrected chi connectivity index (χ4v) is 4.20. The molecule has 1 aromatic heterocycles. The maximum absolute atomic E-state index is 4.55. The Hall–Kier alpha value is -2.85. The predicted octanol–water partition coefficient (Wildman–Crippen LogP) is 6.15. The molecule has 0 aliphatic carbocycles. The molecule has 0 aliphatic rings. The monoisotopic (exact) mass is 385 g/mol. The highest BCUT2D eigenvalue weighted by Gasteiger charge is 2.16. The standard InChI is InChI=1S/C24H23N3S/c1-17-11-13-22(14-12-17)27-23(20-10-6-7-18(2)15-20)25-26-24(27)28-16-21-9-5-4-8-19(21)3/h4-15H,16H2,1-3H3. The molecular formula is C24H23N3S. The van der Waals surface area contributed by atoms with Gasteiger partial charge in [0, 0.05) is 17.0 Å². The van der Waals surface area contributed by atoms with Crippen molar-refractivity contribution in [2.24, 2.45) is 0 Å². The van der Waals surface area contributed by atoms with E-state index in [2.05, 4.69) is 108 Å². The summed E-state index contributed by atoms with van der Waals surface area (Å²) in [7, 11) is 0. The molecule has 0 amide bonds. The van der Waals surface area contributed by atoms with Gasteiger partial charge in [0.05, 0.1) is 0 Å². The van der Waals surface area contributed by atoms with Crippen LogP contribution in [0.5, 0.6) is 0 Å². The van der Waals surface area contributed by atoms with Crippen molar-refractivity contribution in [2.45, 2.75) is 31.7 Å². The van der Waals surface area contributed by atoms with E-state index in [0.29, 0.717) is 0 Å². The van der Waals surface area contributed by atoms with Crippen molar-refractivity contribution in [1.82, 2.24) is 14.8 Å². The van der Waals surface area contributed by atoms with Crippen molar-refractivity contribution in [2.75, 3.05) is 0 Å². The number of rotatable bonds is 5. The number of thioether (sulfide) groups is 1. The molecule has 4 rings (SSSR count). The fourth-order valence-electron chi connectivity index (χ4n) is 3.18. The Morgan fingerprint density at radius 1 is 0.786 bits per heavy atom. The summed E-state index contributed by atoms with van der Waals surface area (Å²) in [4.78, 5) is 0. The Kier molecular flexibility index (Phi) is 5.31. The van der Waals surface area contributed by atoms with E-state index in [1.54, 1.807) is 11.8 Å². The molecule has 0 unspecified atom stereocenters. The summed E-state index contributed by atoms with van der Waals surface area (Å²) in [6, 6.07) is 25.4. The van der Waals surface area contributed by atoms with Gasteiger partial charge in [-0.2, -0.15) is 0 Å². The van der Waals surface area contributed by atoms with Gasteiger partial charge in [-0.3, -0.25) is 4.57 Å². The van der Waals surface area contributed by atoms with Gasteiger partial charge in [-0.25, -0.2) is 0 Å². The van der Waals surface area contributed by atoms with Gasteiger partial charge in [0.25, 0.3) is 0 Å². The number of aromatic nitrogens is 3. The molecule has 0 aliphatic heterocycles. The third-order valence-electron chi connectivity index (χ3n) is 4.82. The topological polar surface area (TPSA) is 30.7 Å². The van der Waals surface area contributed by atoms with Crippen molar-refractivity contribution in [3.63, 3.8) is 0 Å². The second-order valence-electron chi connectivity index (χ2n) is 7.06. The van der Waals surface area contributed by atoms with Gasteiger partial charge >= 0.3 is 0 Å². The molecule has 0 spiro atoms. The fraction of sp³-hybridized carbons (Fsp3) is 0.167. The molecule has 0 atom stereocenters. The number of aryl methyl sites for hydroxylation is 3. The first-order valence-corrected chi connectivity index (χ1v) is 10.4. The minimum Gasteiger partial charge on any atom is -0.270 e. The van der Waals surface area contributed by atoms with Gasteiger partial charge in [0.2, 0.25) is 0 Å². The highest BCUT2D eigenvalue weighted by molar-refractivity contribution is 7.98. The van der Waals surface area contributed by atoms with E-state index < -0.39 is 0 Å². The van der Waals surface area contributed by atoms with E-state index in [1.165, 1.54) is 22.3 Å². The molecule has 4 aromatic rings. The summed E-state index contributed by atoms with van der Waals surface area (Å²) < 4.78 is 2.16. The van der Waals surface area contributed by atoms with E-state index in [4.69, 9.17) is 0 Å². The molecule has 1 heterocycles. The van der Waals surface area contributed by atoms with Crippen LogP contribution < -0.4 is 0 Å². The maximum Gasteiger partial charge on any atom is 0.196 e. The Morgan fingerprint density at radius 2 is 1.57 bits per heavy atom. The summed E-state index contributed by atoms with van der Waals surface area (Å²) >= 11 is 1.72. The van der Waals surface area contributed by atoms with Crippen LogP contribution in [-0.2, 0) is 5.75 Å². The van der Waals surface area contributed by atoms with E-state index in [-0.39, 0.29) is 0 Å². The molecule has 0 bridgehead atoms. The minimum atomic E-state index is 0.866. The van der Waals surface area contributed by atoms with E-state index in [9.17, 15) is 0 Å². The Balaban J connectivity index is 1.76. The van der Waals surface area contributed by atoms with Gasteiger partial charge in [-0.1, -0.05) is 77.5 Å². The number of nitrogens with zero attached hydrogens (tertiary/aromatic N) is 3. The lowest BCUT2D eigenvalue weighted by atomic mass is 10.1. The number of hydrogen-bond donors (Lipinski definition) is 0. The van der Waals surface area contributed by atoms with Crippen LogP contribution in [0.15, 0.2) is 78.0 Å². The van der Waals surface area contributed by atoms with Gasteiger partial charge < -0.3 is 0 Å². The summed E-state index contributed by atoms with van der Waals surface area (Å²) in [5.74, 6) is 1.74. The number of benzene rings is 3. The molecule has 3 nitrogen and oxygen atoms in total. The summed E-state index contributed by atoms with van der Waals surface area (Å²) in [5.41, 5.74) is 7.24. The summed E-state index contributed by atoms with van der Waals surface area (Å²) in [6.07, 6.45) is 0. The molecule has 140 valence electrons. The second-order valence-corrected chi connectivity index (χ2v) is 8.00. The SMILES string of the molecule is Cc1ccc(-n2c(SCc3ccccc3C)nnc2-c2cccc(C)c2)cc1. The Morgan fingerprint density at radius 3 is 2.32 bits per heavy atom. The van der Waals surface area contributed by atoms with Gasteiger partial charge in [0.1, 0.15) is 0 Å². The zero-order valence-corrected chi connectivity index (χ0v) is 17.2. The predicted molar refractivity (Wildman–Crippen MR) is 117 cm³/mol. The van der Waals surface area contributed by atoms with Crippen LogP contribution in [0.4, 0.5) is 0 Å². The first kappa shape index (κ1) is 18.5. The van der Waals surface area contributed by atoms with E-state index in [1.807, 2.05) is 0 Å². The third kappa shape index (κ3) is 3.87. The maximum atomic E-state index is 4.55. The second kappa shape index (κ2) is 8.03. The quantitative estimate of drug-likeness (QED) is 0.386. The third-order valence-corrected chi connectivity index (χ3v) is 5.80. The number of hydrogen-bond acceptors (Lipinski definition) is 3. The summed E-state index contributed by atoms with van der Waals surface area (Å²) in [6.45, 7) is 6.36. The molecule has 4 heteroatoms. The largest absolute Gasteiger partial charge is 0.270 e. The van der Waals surface area contributed by atoms with Crippen molar-refractivity contribution >= 4 is 11.8 Å². The first-order chi connectivity index (χ1) is 13.6. The lowest BCUT2D eigenvalue weighted by molar-refractivity contribution is 0.885. The average Bonchev–Trinajstić information content (AvgIpc) is 3.12. The lowest BCUT2D eigenvalue weighted by Crippen LogP contribution is -2.00. The zero-order chi connectivity index (χ0) is 19.5. The summed E-state index contributed by atoms with van der Waals surface area (Å²) in [5, 5.41) is 10.0. The van der Waals surface area contributed by atoms with Crippen molar-refractivity contribution in [3.05, 3.63) is 95.1 Å². The Bertz CT molecular complexity index is 1100. The molecule has 3 aromatic carbocycles. The smallest absolute Gasteiger partial charge is 0.196 e. The first-order valence-electron chi connectivity index (χ1n) is 9.38. The Labute approximate surface area is 170 Å².